The molecule has 0 radical (unpaired) electrons. The van der Waals surface area contributed by atoms with E-state index in [0.29, 0.717) is 5.70 Å². The first-order valence-electron chi connectivity index (χ1n) is 6.38. The van der Waals surface area contributed by atoms with Gasteiger partial charge < -0.3 is 9.47 Å². The zero-order chi connectivity index (χ0) is 15.7. The number of allylic oxidation sites excluding steroid dienone is 3. The Bertz CT molecular complexity index is 530. The van der Waals surface area contributed by atoms with Crippen LogP contribution >= 0.6 is 0 Å². The van der Waals surface area contributed by atoms with Crippen LogP contribution in [0.3, 0.4) is 0 Å². The molecule has 0 aromatic carbocycles. The van der Waals surface area contributed by atoms with Crippen molar-refractivity contribution < 1.29 is 19.1 Å². The minimum Gasteiger partial charge on any atom is -0.462 e. The molecule has 6 nitrogen and oxygen atoms in total. The molecule has 0 aromatic heterocycles. The van der Waals surface area contributed by atoms with Gasteiger partial charge in [-0.25, -0.2) is 9.59 Å². The molecule has 110 valence electrons. The molecule has 0 aliphatic heterocycles. The number of nitrogens with zero attached hydrogens (tertiary/aromatic N) is 1. The first kappa shape index (κ1) is 16.3. The molecule has 0 heterocycles. The van der Waals surface area contributed by atoms with Gasteiger partial charge in [0.2, 0.25) is 0 Å². The first-order chi connectivity index (χ1) is 10.1. The Morgan fingerprint density at radius 3 is 3.00 bits per heavy atom. The molecule has 0 aromatic rings. The minimum atomic E-state index is -0.572. The summed E-state index contributed by atoms with van der Waals surface area (Å²) in [6.45, 7) is 7.20. The molecule has 0 fully saturated rings. The maximum atomic E-state index is 12.0. The number of hydrazone groups is 1. The van der Waals surface area contributed by atoms with Crippen LogP contribution in [0.5, 0.6) is 0 Å². The van der Waals surface area contributed by atoms with E-state index in [1.165, 1.54) is 12.2 Å². The van der Waals surface area contributed by atoms with Crippen LogP contribution in [0.15, 0.2) is 47.3 Å². The summed E-state index contributed by atoms with van der Waals surface area (Å²) in [5, 5.41) is 3.71. The number of carbonyl (C=O) groups excluding carboxylic acids is 2. The maximum absolute atomic E-state index is 12.0. The molecule has 21 heavy (non-hydrogen) atoms. The van der Waals surface area contributed by atoms with E-state index < -0.39 is 18.0 Å². The SMILES string of the molecule is C=CC(C)OC(=O)C1=C(NN=CC(=O)OCC)C=C[C+]=C1. The van der Waals surface area contributed by atoms with E-state index in [-0.39, 0.29) is 12.2 Å². The quantitative estimate of drug-likeness (QED) is 0.252. The van der Waals surface area contributed by atoms with Crippen molar-refractivity contribution in [2.45, 2.75) is 20.0 Å². The van der Waals surface area contributed by atoms with E-state index in [2.05, 4.69) is 27.9 Å². The van der Waals surface area contributed by atoms with Crippen molar-refractivity contribution >= 4 is 18.2 Å². The zero-order valence-electron chi connectivity index (χ0n) is 12.0. The Hall–Kier alpha value is -2.72. The molecule has 6 heteroatoms. The Morgan fingerprint density at radius 1 is 1.57 bits per heavy atom. The van der Waals surface area contributed by atoms with Crippen LogP contribution in [0.1, 0.15) is 13.8 Å². The van der Waals surface area contributed by atoms with Crippen molar-refractivity contribution in [1.82, 2.24) is 5.43 Å². The molecule has 1 aliphatic rings. The molecular formula is C15H17N2O4+. The largest absolute Gasteiger partial charge is 0.462 e. The van der Waals surface area contributed by atoms with Gasteiger partial charge in [-0.15, -0.1) is 0 Å². The van der Waals surface area contributed by atoms with E-state index in [0.717, 1.165) is 6.21 Å². The van der Waals surface area contributed by atoms with Gasteiger partial charge in [-0.2, -0.15) is 5.10 Å². The lowest BCUT2D eigenvalue weighted by atomic mass is 10.1. The van der Waals surface area contributed by atoms with Crippen LogP contribution in [0.4, 0.5) is 0 Å². The third-order valence-corrected chi connectivity index (χ3v) is 2.35. The molecule has 1 aliphatic carbocycles. The van der Waals surface area contributed by atoms with Crippen molar-refractivity contribution in [2.75, 3.05) is 6.61 Å². The maximum Gasteiger partial charge on any atom is 0.399 e. The summed E-state index contributed by atoms with van der Waals surface area (Å²) in [6, 6.07) is 0. The van der Waals surface area contributed by atoms with Crippen molar-refractivity contribution in [3.8, 4) is 0 Å². The Labute approximate surface area is 123 Å². The highest BCUT2D eigenvalue weighted by molar-refractivity contribution is 6.23. The lowest BCUT2D eigenvalue weighted by Gasteiger charge is -2.08. The van der Waals surface area contributed by atoms with E-state index in [1.807, 2.05) is 0 Å². The van der Waals surface area contributed by atoms with E-state index in [4.69, 9.17) is 4.74 Å². The lowest BCUT2D eigenvalue weighted by molar-refractivity contribution is -0.141. The molecule has 0 spiro atoms. The highest BCUT2D eigenvalue weighted by Crippen LogP contribution is 2.13. The molecule has 0 bridgehead atoms. The van der Waals surface area contributed by atoms with Crippen LogP contribution in [0.25, 0.3) is 0 Å². The average molecular weight is 289 g/mol. The smallest absolute Gasteiger partial charge is 0.399 e. The van der Waals surface area contributed by atoms with Crippen molar-refractivity contribution in [3.05, 3.63) is 48.2 Å². The normalized spacial score (nSPS) is 14.6. The molecule has 1 atom stereocenters. The Kier molecular flexibility index (Phi) is 6.57. The van der Waals surface area contributed by atoms with Gasteiger partial charge in [0, 0.05) is 6.08 Å². The second-order valence-electron chi connectivity index (χ2n) is 3.94. The van der Waals surface area contributed by atoms with Crippen molar-refractivity contribution in [2.24, 2.45) is 5.10 Å². The van der Waals surface area contributed by atoms with Crippen LogP contribution in [-0.4, -0.2) is 30.9 Å². The van der Waals surface area contributed by atoms with Gasteiger partial charge in [0.15, 0.2) is 11.3 Å². The second kappa shape index (κ2) is 8.45. The number of rotatable bonds is 7. The van der Waals surface area contributed by atoms with Crippen LogP contribution < -0.4 is 5.43 Å². The third kappa shape index (κ3) is 5.42. The fraction of sp³-hybridized carbons (Fsp3) is 0.267. The molecule has 1 unspecified atom stereocenters. The predicted octanol–water partition coefficient (Wildman–Crippen LogP) is 1.43. The van der Waals surface area contributed by atoms with Gasteiger partial charge in [0.25, 0.3) is 0 Å². The van der Waals surface area contributed by atoms with Crippen LogP contribution in [0, 0.1) is 6.08 Å². The van der Waals surface area contributed by atoms with Gasteiger partial charge in [-0.1, -0.05) is 12.7 Å². The van der Waals surface area contributed by atoms with Crippen molar-refractivity contribution in [3.63, 3.8) is 0 Å². The summed E-state index contributed by atoms with van der Waals surface area (Å²) in [5.74, 6) is -1.11. The zero-order valence-corrected chi connectivity index (χ0v) is 12.0. The first-order valence-corrected chi connectivity index (χ1v) is 6.38. The monoisotopic (exact) mass is 289 g/mol. The summed E-state index contributed by atoms with van der Waals surface area (Å²) in [6.07, 6.45) is 9.55. The van der Waals surface area contributed by atoms with Gasteiger partial charge in [-0.05, 0) is 13.8 Å². The number of esters is 2. The highest BCUT2D eigenvalue weighted by atomic mass is 16.5. The Balaban J connectivity index is 2.77. The van der Waals surface area contributed by atoms with Gasteiger partial charge in [0.05, 0.1) is 12.7 Å². The summed E-state index contributed by atoms with van der Waals surface area (Å²) in [5.41, 5.74) is 3.25. The summed E-state index contributed by atoms with van der Waals surface area (Å²) in [4.78, 5) is 23.1. The second-order valence-corrected chi connectivity index (χ2v) is 3.94. The molecule has 0 saturated carbocycles. The summed E-state index contributed by atoms with van der Waals surface area (Å²) >= 11 is 0. The Morgan fingerprint density at radius 2 is 2.33 bits per heavy atom. The van der Waals surface area contributed by atoms with Gasteiger partial charge >= 0.3 is 11.9 Å². The van der Waals surface area contributed by atoms with Gasteiger partial charge in [0.1, 0.15) is 24.5 Å². The molecule has 0 amide bonds. The van der Waals surface area contributed by atoms with E-state index >= 15 is 0 Å². The number of ether oxygens (including phenoxy) is 2. The summed E-state index contributed by atoms with van der Waals surface area (Å²) < 4.78 is 9.82. The number of hydrogen-bond acceptors (Lipinski definition) is 6. The van der Waals surface area contributed by atoms with Gasteiger partial charge in [-0.3, -0.25) is 5.43 Å². The number of hydrogen-bond donors (Lipinski definition) is 1. The average Bonchev–Trinajstić information content (AvgIpc) is 2.47. The molecular weight excluding hydrogens is 272 g/mol. The molecule has 0 saturated heterocycles. The standard InChI is InChI=1S/C15H16N2O4/c1-4-11(3)21-15(19)12-8-6-7-9-13(12)17-16-10-14(18)20-5-2/h4,7-11H,1,5H2,2-3H3/p+1. The van der Waals surface area contributed by atoms with Crippen molar-refractivity contribution in [1.29, 1.82) is 0 Å². The fourth-order valence-corrected chi connectivity index (χ4v) is 1.31. The van der Waals surface area contributed by atoms with Crippen LogP contribution in [0.2, 0.25) is 0 Å². The number of nitrogens with one attached hydrogen (secondary N) is 1. The molecule has 1 N–H and O–H groups in total. The lowest BCUT2D eigenvalue weighted by Crippen LogP contribution is -2.19. The minimum absolute atomic E-state index is 0.257. The highest BCUT2D eigenvalue weighted by Gasteiger charge is 2.24. The van der Waals surface area contributed by atoms with E-state index in [1.54, 1.807) is 26.0 Å². The topological polar surface area (TPSA) is 77.0 Å². The predicted molar refractivity (Wildman–Crippen MR) is 78.0 cm³/mol. The summed E-state index contributed by atoms with van der Waals surface area (Å²) in [7, 11) is 0. The van der Waals surface area contributed by atoms with Crippen LogP contribution in [-0.2, 0) is 19.1 Å². The third-order valence-electron chi connectivity index (χ3n) is 2.35. The number of carbonyl (C=O) groups is 2. The fourth-order valence-electron chi connectivity index (χ4n) is 1.31. The van der Waals surface area contributed by atoms with E-state index in [9.17, 15) is 9.59 Å². The molecule has 1 rings (SSSR count).